The molecule has 14 heavy (non-hydrogen) atoms. The lowest BCUT2D eigenvalue weighted by Crippen LogP contribution is -1.80. The molecule has 0 amide bonds. The van der Waals surface area contributed by atoms with E-state index in [2.05, 4.69) is 11.7 Å². The van der Waals surface area contributed by atoms with E-state index in [1.807, 2.05) is 6.92 Å². The van der Waals surface area contributed by atoms with Gasteiger partial charge in [-0.25, -0.2) is 0 Å². The van der Waals surface area contributed by atoms with Gasteiger partial charge in [-0.2, -0.15) is 0 Å². The van der Waals surface area contributed by atoms with Gasteiger partial charge in [-0.1, -0.05) is 35.4 Å². The number of benzene rings is 1. The molecule has 74 valence electrons. The molecule has 0 unspecified atom stereocenters. The predicted molar refractivity (Wildman–Crippen MR) is 62.0 cm³/mol. The van der Waals surface area contributed by atoms with E-state index >= 15 is 0 Å². The molecule has 0 aliphatic heterocycles. The molecule has 0 fully saturated rings. The van der Waals surface area contributed by atoms with Gasteiger partial charge in [0.1, 0.15) is 5.69 Å². The molecule has 0 spiro atoms. The topological polar surface area (TPSA) is 32.6 Å². The average Bonchev–Trinajstić information content (AvgIpc) is 2.15. The van der Waals surface area contributed by atoms with Crippen molar-refractivity contribution < 1.29 is 5.11 Å². The minimum absolute atomic E-state index is 0.0980. The number of aliphatic imine (C=N–C) groups is 1. The number of nitrogens with zero attached hydrogens (tertiary/aromatic N) is 1. The van der Waals surface area contributed by atoms with Gasteiger partial charge >= 0.3 is 0 Å². The summed E-state index contributed by atoms with van der Waals surface area (Å²) in [5.74, 6) is -0.0980. The van der Waals surface area contributed by atoms with Crippen molar-refractivity contribution in [1.82, 2.24) is 0 Å². The summed E-state index contributed by atoms with van der Waals surface area (Å²) < 4.78 is 0. The van der Waals surface area contributed by atoms with Crippen LogP contribution in [0.3, 0.4) is 0 Å². The summed E-state index contributed by atoms with van der Waals surface area (Å²) >= 11 is 11.7. The molecule has 0 saturated heterocycles. The van der Waals surface area contributed by atoms with Gasteiger partial charge in [0.05, 0.1) is 10.0 Å². The van der Waals surface area contributed by atoms with Gasteiger partial charge in [0, 0.05) is 5.56 Å². The Bertz CT molecular complexity index is 400. The number of phenols is 1. The van der Waals surface area contributed by atoms with Gasteiger partial charge in [0.2, 0.25) is 0 Å². The van der Waals surface area contributed by atoms with E-state index < -0.39 is 0 Å². The minimum Gasteiger partial charge on any atom is -0.504 e. The molecule has 0 aliphatic rings. The smallest absolute Gasteiger partial charge is 0.160 e. The summed E-state index contributed by atoms with van der Waals surface area (Å²) in [5, 5.41) is 10.2. The van der Waals surface area contributed by atoms with Crippen LogP contribution in [0.5, 0.6) is 5.75 Å². The van der Waals surface area contributed by atoms with Crippen LogP contribution in [-0.4, -0.2) is 11.8 Å². The number of rotatable bonds is 2. The number of aromatic hydroxyl groups is 1. The first-order chi connectivity index (χ1) is 6.61. The summed E-state index contributed by atoms with van der Waals surface area (Å²) in [6, 6.07) is 1.47. The second kappa shape index (κ2) is 4.49. The Morgan fingerprint density at radius 3 is 2.57 bits per heavy atom. The number of allylic oxidation sites excluding steroid dienone is 1. The number of hydrogen-bond donors (Lipinski definition) is 1. The Hall–Kier alpha value is -0.990. The monoisotopic (exact) mass is 229 g/mol. The molecule has 4 heteroatoms. The van der Waals surface area contributed by atoms with Crippen molar-refractivity contribution in [1.29, 1.82) is 0 Å². The van der Waals surface area contributed by atoms with Crippen LogP contribution in [0.1, 0.15) is 12.5 Å². The Morgan fingerprint density at radius 2 is 2.07 bits per heavy atom. The van der Waals surface area contributed by atoms with Crippen LogP contribution < -0.4 is 0 Å². The molecule has 0 saturated carbocycles. The third kappa shape index (κ3) is 1.91. The van der Waals surface area contributed by atoms with Gasteiger partial charge < -0.3 is 5.11 Å². The van der Waals surface area contributed by atoms with Gasteiger partial charge in [-0.15, -0.1) is 0 Å². The lowest BCUT2D eigenvalue weighted by Gasteiger charge is -2.07. The number of halogens is 2. The molecule has 1 rings (SSSR count). The maximum Gasteiger partial charge on any atom is 0.160 e. The Labute approximate surface area is 92.5 Å². The first-order valence-electron chi connectivity index (χ1n) is 3.92. The van der Waals surface area contributed by atoms with E-state index in [1.54, 1.807) is 12.2 Å². The molecule has 1 N–H and O–H groups in total. The molecule has 0 bridgehead atoms. The fourth-order valence-corrected chi connectivity index (χ4v) is 1.61. The van der Waals surface area contributed by atoms with Crippen molar-refractivity contribution in [2.45, 2.75) is 6.92 Å². The summed E-state index contributed by atoms with van der Waals surface area (Å²) in [7, 11) is 0. The third-order valence-corrected chi connectivity index (χ3v) is 2.31. The molecule has 0 heterocycles. The standard InChI is InChI=1S/C10H9Cl2NO/c1-3-4-6-7(11)5-8(12)10(14)9(6)13-2/h3-5,14H,2H2,1H3/b4-3-. The summed E-state index contributed by atoms with van der Waals surface area (Å²) in [5.41, 5.74) is 0.923. The van der Waals surface area contributed by atoms with Gasteiger partial charge in [-0.05, 0) is 19.7 Å². The van der Waals surface area contributed by atoms with Crippen LogP contribution in [0.4, 0.5) is 5.69 Å². The lowest BCUT2D eigenvalue weighted by molar-refractivity contribution is 0.477. The van der Waals surface area contributed by atoms with E-state index in [0.29, 0.717) is 16.3 Å². The van der Waals surface area contributed by atoms with Gasteiger partial charge in [0.25, 0.3) is 0 Å². The zero-order valence-corrected chi connectivity index (χ0v) is 9.10. The number of phenolic OH excluding ortho intramolecular Hbond substituents is 1. The minimum atomic E-state index is -0.0980. The van der Waals surface area contributed by atoms with Crippen molar-refractivity contribution in [3.05, 3.63) is 27.8 Å². The van der Waals surface area contributed by atoms with Gasteiger partial charge in [-0.3, -0.25) is 4.99 Å². The summed E-state index contributed by atoms with van der Waals surface area (Å²) in [6.07, 6.45) is 3.53. The molecule has 1 aromatic rings. The first kappa shape index (κ1) is 11.1. The van der Waals surface area contributed by atoms with E-state index in [0.717, 1.165) is 0 Å². The molecule has 0 aromatic heterocycles. The second-order valence-corrected chi connectivity index (χ2v) is 3.42. The highest BCUT2D eigenvalue weighted by Crippen LogP contribution is 2.41. The van der Waals surface area contributed by atoms with E-state index in [1.165, 1.54) is 6.07 Å². The average molecular weight is 230 g/mol. The zero-order chi connectivity index (χ0) is 10.7. The van der Waals surface area contributed by atoms with Crippen LogP contribution in [0.2, 0.25) is 10.0 Å². The summed E-state index contributed by atoms with van der Waals surface area (Å²) in [6.45, 7) is 5.20. The molecule has 2 nitrogen and oxygen atoms in total. The lowest BCUT2D eigenvalue weighted by atomic mass is 10.1. The van der Waals surface area contributed by atoms with Crippen molar-refractivity contribution in [3.8, 4) is 5.75 Å². The Balaban J connectivity index is 3.54. The van der Waals surface area contributed by atoms with Crippen molar-refractivity contribution in [2.24, 2.45) is 4.99 Å². The van der Waals surface area contributed by atoms with E-state index in [4.69, 9.17) is 23.2 Å². The van der Waals surface area contributed by atoms with E-state index in [9.17, 15) is 5.11 Å². The van der Waals surface area contributed by atoms with Crippen LogP contribution in [0, 0.1) is 0 Å². The Kier molecular flexibility index (Phi) is 3.55. The largest absolute Gasteiger partial charge is 0.504 e. The molecular weight excluding hydrogens is 221 g/mol. The highest BCUT2D eigenvalue weighted by Gasteiger charge is 2.12. The fraction of sp³-hybridized carbons (Fsp3) is 0.100. The van der Waals surface area contributed by atoms with Crippen LogP contribution in [0.25, 0.3) is 6.08 Å². The van der Waals surface area contributed by atoms with Crippen molar-refractivity contribution >= 4 is 41.7 Å². The molecular formula is C10H9Cl2NO. The van der Waals surface area contributed by atoms with Crippen molar-refractivity contribution in [3.63, 3.8) is 0 Å². The SMILES string of the molecule is C=Nc1c(O)c(Cl)cc(Cl)c1/C=C\C. The van der Waals surface area contributed by atoms with Crippen LogP contribution in [-0.2, 0) is 0 Å². The number of hydrogen-bond acceptors (Lipinski definition) is 2. The fourth-order valence-electron chi connectivity index (χ4n) is 1.10. The molecule has 0 aliphatic carbocycles. The van der Waals surface area contributed by atoms with Crippen LogP contribution >= 0.6 is 23.2 Å². The second-order valence-electron chi connectivity index (χ2n) is 2.61. The predicted octanol–water partition coefficient (Wildman–Crippen LogP) is 4.06. The van der Waals surface area contributed by atoms with Gasteiger partial charge in [0.15, 0.2) is 5.75 Å². The van der Waals surface area contributed by atoms with Crippen LogP contribution in [0.15, 0.2) is 17.1 Å². The highest BCUT2D eigenvalue weighted by atomic mass is 35.5. The maximum absolute atomic E-state index is 9.57. The molecule has 0 radical (unpaired) electrons. The zero-order valence-electron chi connectivity index (χ0n) is 7.59. The first-order valence-corrected chi connectivity index (χ1v) is 4.67. The van der Waals surface area contributed by atoms with Crippen molar-refractivity contribution in [2.75, 3.05) is 0 Å². The highest BCUT2D eigenvalue weighted by molar-refractivity contribution is 6.37. The third-order valence-electron chi connectivity index (χ3n) is 1.71. The van der Waals surface area contributed by atoms with E-state index in [-0.39, 0.29) is 10.8 Å². The molecule has 1 aromatic carbocycles. The maximum atomic E-state index is 9.57. The quantitative estimate of drug-likeness (QED) is 0.763. The molecule has 0 atom stereocenters. The summed E-state index contributed by atoms with van der Waals surface area (Å²) in [4.78, 5) is 3.69. The normalized spacial score (nSPS) is 10.8. The Morgan fingerprint density at radius 1 is 1.43 bits per heavy atom.